The normalized spacial score (nSPS) is 12.2. The lowest BCUT2D eigenvalue weighted by atomic mass is 9.98. The molecule has 0 bridgehead atoms. The van der Waals surface area contributed by atoms with E-state index in [1.54, 1.807) is 0 Å². The van der Waals surface area contributed by atoms with Crippen LogP contribution in [0.25, 0.3) is 0 Å². The summed E-state index contributed by atoms with van der Waals surface area (Å²) in [4.78, 5) is 22.5. The summed E-state index contributed by atoms with van der Waals surface area (Å²) in [7, 11) is 0. The molecular weight excluding hydrogens is 240 g/mol. The Bertz CT molecular complexity index is 384. The Labute approximate surface area is 115 Å². The van der Waals surface area contributed by atoms with Crippen molar-refractivity contribution in [2.24, 2.45) is 11.8 Å². The molecule has 19 heavy (non-hydrogen) atoms. The van der Waals surface area contributed by atoms with Gasteiger partial charge in [-0.2, -0.15) is 0 Å². The molecule has 0 N–H and O–H groups in total. The quantitative estimate of drug-likeness (QED) is 0.534. The first-order chi connectivity index (χ1) is 9.11. The van der Waals surface area contributed by atoms with Crippen molar-refractivity contribution in [1.82, 2.24) is 0 Å². The number of hydrogen-bond acceptors (Lipinski definition) is 3. The van der Waals surface area contributed by atoms with Crippen LogP contribution in [-0.4, -0.2) is 18.9 Å². The van der Waals surface area contributed by atoms with Crippen LogP contribution >= 0.6 is 0 Å². The molecule has 0 amide bonds. The molecule has 1 rings (SSSR count). The summed E-state index contributed by atoms with van der Waals surface area (Å²) in [5.74, 6) is -0.207. The van der Waals surface area contributed by atoms with Gasteiger partial charge >= 0.3 is 5.97 Å². The van der Waals surface area contributed by atoms with E-state index in [9.17, 15) is 9.59 Å². The molecule has 0 fully saturated rings. The minimum Gasteiger partial charge on any atom is -0.465 e. The zero-order valence-corrected chi connectivity index (χ0v) is 11.7. The van der Waals surface area contributed by atoms with Crippen LogP contribution in [0.3, 0.4) is 0 Å². The number of esters is 1. The molecule has 1 atom stereocenters. The molecular formula is C16H22O3. The van der Waals surface area contributed by atoms with E-state index in [0.29, 0.717) is 18.9 Å². The van der Waals surface area contributed by atoms with Crippen LogP contribution in [0, 0.1) is 11.8 Å². The topological polar surface area (TPSA) is 43.4 Å². The van der Waals surface area contributed by atoms with Crippen LogP contribution < -0.4 is 0 Å². The van der Waals surface area contributed by atoms with Gasteiger partial charge in [-0.3, -0.25) is 4.79 Å². The van der Waals surface area contributed by atoms with Gasteiger partial charge in [0.15, 0.2) is 0 Å². The van der Waals surface area contributed by atoms with Gasteiger partial charge in [-0.15, -0.1) is 0 Å². The zero-order valence-electron chi connectivity index (χ0n) is 11.7. The standard InChI is InChI=1S/C16H22O3/c1-13(2)12-19-16(18)10-15(11-17)9-8-14-6-4-3-5-7-14/h3-7,11,13,15H,8-10,12H2,1-2H3. The fraction of sp³-hybridized carbons (Fsp3) is 0.500. The molecule has 1 aromatic rings. The number of ether oxygens (including phenoxy) is 1. The van der Waals surface area contributed by atoms with Gasteiger partial charge in [-0.1, -0.05) is 44.2 Å². The van der Waals surface area contributed by atoms with Gasteiger partial charge < -0.3 is 9.53 Å². The molecule has 0 heterocycles. The highest BCUT2D eigenvalue weighted by Crippen LogP contribution is 2.12. The lowest BCUT2D eigenvalue weighted by molar-refractivity contribution is -0.146. The third kappa shape index (κ3) is 6.75. The average Bonchev–Trinajstić information content (AvgIpc) is 2.42. The Morgan fingerprint density at radius 1 is 1.26 bits per heavy atom. The number of carbonyl (C=O) groups is 2. The van der Waals surface area contributed by atoms with Crippen LogP contribution in [0.5, 0.6) is 0 Å². The Balaban J connectivity index is 2.33. The molecule has 0 aliphatic carbocycles. The molecule has 0 aliphatic rings. The SMILES string of the molecule is CC(C)COC(=O)CC(C=O)CCc1ccccc1. The molecule has 104 valence electrons. The lowest BCUT2D eigenvalue weighted by Crippen LogP contribution is -2.15. The van der Waals surface area contributed by atoms with Gasteiger partial charge in [0.2, 0.25) is 0 Å². The minimum absolute atomic E-state index is 0.184. The van der Waals surface area contributed by atoms with Crippen LogP contribution in [0.1, 0.15) is 32.3 Å². The molecule has 0 saturated heterocycles. The van der Waals surface area contributed by atoms with Gasteiger partial charge in [-0.05, 0) is 24.3 Å². The summed E-state index contributed by atoms with van der Waals surface area (Å²) in [5, 5.41) is 0. The van der Waals surface area contributed by atoms with Crippen molar-refractivity contribution >= 4 is 12.3 Å². The Hall–Kier alpha value is -1.64. The molecule has 0 saturated carbocycles. The molecule has 3 nitrogen and oxygen atoms in total. The van der Waals surface area contributed by atoms with E-state index in [1.807, 2.05) is 44.2 Å². The maximum absolute atomic E-state index is 11.5. The zero-order chi connectivity index (χ0) is 14.1. The van der Waals surface area contributed by atoms with Crippen LogP contribution in [-0.2, 0) is 20.7 Å². The number of aldehydes is 1. The van der Waals surface area contributed by atoms with Crippen molar-refractivity contribution in [3.05, 3.63) is 35.9 Å². The van der Waals surface area contributed by atoms with Crippen molar-refractivity contribution in [2.75, 3.05) is 6.61 Å². The van der Waals surface area contributed by atoms with E-state index in [0.717, 1.165) is 12.7 Å². The molecule has 0 radical (unpaired) electrons. The summed E-state index contributed by atoms with van der Waals surface area (Å²) in [6.07, 6.45) is 2.54. The van der Waals surface area contributed by atoms with Gasteiger partial charge in [0, 0.05) is 5.92 Å². The van der Waals surface area contributed by atoms with Crippen molar-refractivity contribution in [3.8, 4) is 0 Å². The van der Waals surface area contributed by atoms with E-state index in [2.05, 4.69) is 0 Å². The minimum atomic E-state index is -0.279. The third-order valence-electron chi connectivity index (χ3n) is 2.85. The number of rotatable bonds is 8. The summed E-state index contributed by atoms with van der Waals surface area (Å²) >= 11 is 0. The largest absolute Gasteiger partial charge is 0.465 e. The van der Waals surface area contributed by atoms with Gasteiger partial charge in [-0.25, -0.2) is 0 Å². The molecule has 1 unspecified atom stereocenters. The van der Waals surface area contributed by atoms with Gasteiger partial charge in [0.1, 0.15) is 6.29 Å². The van der Waals surface area contributed by atoms with Crippen molar-refractivity contribution in [2.45, 2.75) is 33.1 Å². The highest BCUT2D eigenvalue weighted by Gasteiger charge is 2.14. The van der Waals surface area contributed by atoms with Gasteiger partial charge in [0.05, 0.1) is 13.0 Å². The van der Waals surface area contributed by atoms with E-state index in [4.69, 9.17) is 4.74 Å². The smallest absolute Gasteiger partial charge is 0.306 e. The highest BCUT2D eigenvalue weighted by molar-refractivity contribution is 5.73. The predicted octanol–water partition coefficient (Wildman–Crippen LogP) is 3.02. The summed E-state index contributed by atoms with van der Waals surface area (Å²) < 4.78 is 5.09. The number of carbonyl (C=O) groups excluding carboxylic acids is 2. The number of hydrogen-bond donors (Lipinski definition) is 0. The monoisotopic (exact) mass is 262 g/mol. The number of aryl methyl sites for hydroxylation is 1. The molecule has 0 aliphatic heterocycles. The summed E-state index contributed by atoms with van der Waals surface area (Å²) in [6, 6.07) is 9.96. The lowest BCUT2D eigenvalue weighted by Gasteiger charge is -2.11. The fourth-order valence-corrected chi connectivity index (χ4v) is 1.75. The second-order valence-electron chi connectivity index (χ2n) is 5.20. The average molecular weight is 262 g/mol. The van der Waals surface area contributed by atoms with E-state index in [-0.39, 0.29) is 18.3 Å². The third-order valence-corrected chi connectivity index (χ3v) is 2.85. The second kappa shape index (κ2) is 8.46. The summed E-state index contributed by atoms with van der Waals surface area (Å²) in [5.41, 5.74) is 1.19. The van der Waals surface area contributed by atoms with Crippen LogP contribution in [0.4, 0.5) is 0 Å². The maximum atomic E-state index is 11.5. The van der Waals surface area contributed by atoms with Gasteiger partial charge in [0.25, 0.3) is 0 Å². The van der Waals surface area contributed by atoms with Crippen molar-refractivity contribution in [1.29, 1.82) is 0 Å². The first-order valence-corrected chi connectivity index (χ1v) is 6.76. The summed E-state index contributed by atoms with van der Waals surface area (Å²) in [6.45, 7) is 4.39. The molecule has 3 heteroatoms. The number of benzene rings is 1. The van der Waals surface area contributed by atoms with E-state index < -0.39 is 0 Å². The fourth-order valence-electron chi connectivity index (χ4n) is 1.75. The predicted molar refractivity (Wildman–Crippen MR) is 74.7 cm³/mol. The highest BCUT2D eigenvalue weighted by atomic mass is 16.5. The van der Waals surface area contributed by atoms with E-state index in [1.165, 1.54) is 5.56 Å². The molecule has 1 aromatic carbocycles. The Morgan fingerprint density at radius 3 is 2.53 bits per heavy atom. The Morgan fingerprint density at radius 2 is 1.95 bits per heavy atom. The van der Waals surface area contributed by atoms with E-state index >= 15 is 0 Å². The first kappa shape index (κ1) is 15.4. The second-order valence-corrected chi connectivity index (χ2v) is 5.20. The van der Waals surface area contributed by atoms with Crippen molar-refractivity contribution in [3.63, 3.8) is 0 Å². The molecule has 0 spiro atoms. The first-order valence-electron chi connectivity index (χ1n) is 6.76. The van der Waals surface area contributed by atoms with Crippen LogP contribution in [0.2, 0.25) is 0 Å². The van der Waals surface area contributed by atoms with Crippen LogP contribution in [0.15, 0.2) is 30.3 Å². The van der Waals surface area contributed by atoms with Crippen molar-refractivity contribution < 1.29 is 14.3 Å². The molecule has 0 aromatic heterocycles. The Kier molecular flexibility index (Phi) is 6.86. The maximum Gasteiger partial charge on any atom is 0.306 e.